The summed E-state index contributed by atoms with van der Waals surface area (Å²) in [6, 6.07) is 6.93. The van der Waals surface area contributed by atoms with E-state index in [4.69, 9.17) is 14.5 Å². The van der Waals surface area contributed by atoms with Crippen LogP contribution in [0.4, 0.5) is 4.39 Å². The number of nitrogens with zero attached hydrogens (tertiary/aromatic N) is 2. The summed E-state index contributed by atoms with van der Waals surface area (Å²) in [5.74, 6) is 0.626. The SMILES string of the molecule is CCNC(=NCC(C)(C)N1CCOCC1)NCC1(c2ccc(F)cc2)CCOCC1.I. The monoisotopic (exact) mass is 548 g/mol. The molecule has 2 aliphatic heterocycles. The van der Waals surface area contributed by atoms with Crippen LogP contribution in [0.5, 0.6) is 0 Å². The standard InChI is InChI=1S/C23H37FN4O2.HI/c1-4-25-21(26-17-22(2,3)28-11-15-30-16-12-28)27-18-23(9-13-29-14-10-23)19-5-7-20(24)8-6-19;/h5-8H,4,9-18H2,1-3H3,(H2,25,26,27);1H. The van der Waals surface area contributed by atoms with Crippen LogP contribution in [0.2, 0.25) is 0 Å². The number of rotatable bonds is 7. The summed E-state index contributed by atoms with van der Waals surface area (Å²) in [6.07, 6.45) is 1.81. The summed E-state index contributed by atoms with van der Waals surface area (Å²) >= 11 is 0. The number of nitrogens with one attached hydrogen (secondary N) is 2. The van der Waals surface area contributed by atoms with Crippen molar-refractivity contribution in [1.82, 2.24) is 15.5 Å². The lowest BCUT2D eigenvalue weighted by atomic mass is 9.74. The molecule has 1 aromatic rings. The minimum absolute atomic E-state index is 0. The summed E-state index contributed by atoms with van der Waals surface area (Å²) in [5, 5.41) is 6.95. The smallest absolute Gasteiger partial charge is 0.191 e. The van der Waals surface area contributed by atoms with E-state index in [1.165, 1.54) is 0 Å². The number of morpholine rings is 1. The van der Waals surface area contributed by atoms with Gasteiger partial charge in [0, 0.05) is 50.3 Å². The molecule has 0 saturated carbocycles. The zero-order valence-corrected chi connectivity index (χ0v) is 21.4. The van der Waals surface area contributed by atoms with E-state index in [9.17, 15) is 4.39 Å². The first-order chi connectivity index (χ1) is 14.5. The Bertz CT molecular complexity index is 687. The second kappa shape index (κ2) is 12.3. The Labute approximate surface area is 203 Å². The van der Waals surface area contributed by atoms with E-state index in [1.807, 2.05) is 12.1 Å². The molecule has 0 aliphatic carbocycles. The quantitative estimate of drug-likeness (QED) is 0.312. The number of guanidine groups is 1. The van der Waals surface area contributed by atoms with Gasteiger partial charge in [0.1, 0.15) is 5.82 Å². The van der Waals surface area contributed by atoms with E-state index in [1.54, 1.807) is 12.1 Å². The van der Waals surface area contributed by atoms with Gasteiger partial charge in [-0.15, -0.1) is 24.0 Å². The second-order valence-corrected chi connectivity index (χ2v) is 8.86. The summed E-state index contributed by atoms with van der Waals surface area (Å²) in [4.78, 5) is 7.35. The molecule has 2 saturated heterocycles. The maximum atomic E-state index is 13.5. The lowest BCUT2D eigenvalue weighted by molar-refractivity contribution is -0.00684. The van der Waals surface area contributed by atoms with Crippen LogP contribution in [0, 0.1) is 5.82 Å². The Morgan fingerprint density at radius 2 is 1.68 bits per heavy atom. The normalized spacial score (nSPS) is 20.1. The first-order valence-corrected chi connectivity index (χ1v) is 11.1. The Morgan fingerprint density at radius 3 is 2.29 bits per heavy atom. The molecule has 0 bridgehead atoms. The van der Waals surface area contributed by atoms with Crippen LogP contribution in [0.25, 0.3) is 0 Å². The van der Waals surface area contributed by atoms with Gasteiger partial charge in [-0.25, -0.2) is 4.39 Å². The molecule has 31 heavy (non-hydrogen) atoms. The average molecular weight is 548 g/mol. The molecule has 0 aromatic heterocycles. The van der Waals surface area contributed by atoms with Crippen LogP contribution in [0.15, 0.2) is 29.3 Å². The van der Waals surface area contributed by atoms with Crippen molar-refractivity contribution in [2.24, 2.45) is 4.99 Å². The van der Waals surface area contributed by atoms with E-state index in [-0.39, 0.29) is 40.7 Å². The highest BCUT2D eigenvalue weighted by Crippen LogP contribution is 2.34. The summed E-state index contributed by atoms with van der Waals surface area (Å²) in [6.45, 7) is 13.7. The van der Waals surface area contributed by atoms with Crippen molar-refractivity contribution in [3.05, 3.63) is 35.6 Å². The zero-order chi connectivity index (χ0) is 21.5. The molecule has 2 fully saturated rings. The summed E-state index contributed by atoms with van der Waals surface area (Å²) < 4.78 is 24.6. The number of ether oxygens (including phenoxy) is 2. The molecule has 0 unspecified atom stereocenters. The highest BCUT2D eigenvalue weighted by Gasteiger charge is 2.35. The molecule has 2 N–H and O–H groups in total. The van der Waals surface area contributed by atoms with Crippen molar-refractivity contribution in [1.29, 1.82) is 0 Å². The molecule has 0 atom stereocenters. The van der Waals surface area contributed by atoms with Crippen LogP contribution >= 0.6 is 24.0 Å². The largest absolute Gasteiger partial charge is 0.381 e. The van der Waals surface area contributed by atoms with Crippen molar-refractivity contribution in [2.45, 2.75) is 44.6 Å². The van der Waals surface area contributed by atoms with Gasteiger partial charge in [0.05, 0.1) is 19.8 Å². The van der Waals surface area contributed by atoms with Crippen molar-refractivity contribution in [3.8, 4) is 0 Å². The maximum absolute atomic E-state index is 13.5. The van der Waals surface area contributed by atoms with Crippen molar-refractivity contribution in [3.63, 3.8) is 0 Å². The topological polar surface area (TPSA) is 58.1 Å². The van der Waals surface area contributed by atoms with E-state index < -0.39 is 0 Å². The molecule has 176 valence electrons. The van der Waals surface area contributed by atoms with Gasteiger partial charge in [-0.3, -0.25) is 9.89 Å². The van der Waals surface area contributed by atoms with E-state index in [0.717, 1.165) is 77.0 Å². The van der Waals surface area contributed by atoms with E-state index >= 15 is 0 Å². The van der Waals surface area contributed by atoms with Gasteiger partial charge in [0.2, 0.25) is 0 Å². The number of hydrogen-bond acceptors (Lipinski definition) is 4. The van der Waals surface area contributed by atoms with Crippen molar-refractivity contribution < 1.29 is 13.9 Å². The van der Waals surface area contributed by atoms with E-state index in [2.05, 4.69) is 36.3 Å². The van der Waals surface area contributed by atoms with Gasteiger partial charge >= 0.3 is 0 Å². The molecule has 0 spiro atoms. The lowest BCUT2D eigenvalue weighted by Gasteiger charge is -2.40. The Hall–Kier alpha value is -0.970. The molecule has 8 heteroatoms. The van der Waals surface area contributed by atoms with Gasteiger partial charge in [-0.1, -0.05) is 12.1 Å². The minimum Gasteiger partial charge on any atom is -0.381 e. The molecule has 0 amide bonds. The van der Waals surface area contributed by atoms with Crippen LogP contribution in [-0.2, 0) is 14.9 Å². The molecular weight excluding hydrogens is 510 g/mol. The van der Waals surface area contributed by atoms with Gasteiger partial charge < -0.3 is 20.1 Å². The van der Waals surface area contributed by atoms with Crippen LogP contribution in [0.1, 0.15) is 39.2 Å². The van der Waals surface area contributed by atoms with Gasteiger partial charge in [-0.05, 0) is 51.3 Å². The molecule has 1 aromatic carbocycles. The fourth-order valence-electron chi connectivity index (χ4n) is 4.27. The zero-order valence-electron chi connectivity index (χ0n) is 19.1. The average Bonchev–Trinajstić information content (AvgIpc) is 2.77. The lowest BCUT2D eigenvalue weighted by Crippen LogP contribution is -2.52. The second-order valence-electron chi connectivity index (χ2n) is 8.86. The third kappa shape index (κ3) is 7.27. The van der Waals surface area contributed by atoms with Crippen LogP contribution in [0.3, 0.4) is 0 Å². The summed E-state index contributed by atoms with van der Waals surface area (Å²) in [7, 11) is 0. The number of aliphatic imine (C=N–C) groups is 1. The highest BCUT2D eigenvalue weighted by molar-refractivity contribution is 14.0. The Balaban J connectivity index is 0.00000341. The highest BCUT2D eigenvalue weighted by atomic mass is 127. The minimum atomic E-state index is -0.200. The third-order valence-corrected chi connectivity index (χ3v) is 6.34. The fraction of sp³-hybridized carbons (Fsp3) is 0.696. The molecule has 2 heterocycles. The predicted molar refractivity (Wildman–Crippen MR) is 134 cm³/mol. The molecule has 2 aliphatic rings. The van der Waals surface area contributed by atoms with Gasteiger partial charge in [0.25, 0.3) is 0 Å². The Morgan fingerprint density at radius 1 is 1.06 bits per heavy atom. The fourth-order valence-corrected chi connectivity index (χ4v) is 4.27. The maximum Gasteiger partial charge on any atom is 0.191 e. The predicted octanol–water partition coefficient (Wildman–Crippen LogP) is 3.16. The van der Waals surface area contributed by atoms with Crippen molar-refractivity contribution >= 4 is 29.9 Å². The molecule has 3 rings (SSSR count). The molecule has 6 nitrogen and oxygen atoms in total. The van der Waals surface area contributed by atoms with Crippen LogP contribution in [-0.4, -0.2) is 75.5 Å². The van der Waals surface area contributed by atoms with Crippen LogP contribution < -0.4 is 10.6 Å². The third-order valence-electron chi connectivity index (χ3n) is 6.34. The first-order valence-electron chi connectivity index (χ1n) is 11.1. The van der Waals surface area contributed by atoms with Gasteiger partial charge in [0.15, 0.2) is 5.96 Å². The number of hydrogen-bond donors (Lipinski definition) is 2. The first kappa shape index (κ1) is 26.3. The molecule has 0 radical (unpaired) electrons. The van der Waals surface area contributed by atoms with Gasteiger partial charge in [-0.2, -0.15) is 0 Å². The van der Waals surface area contributed by atoms with E-state index in [0.29, 0.717) is 6.54 Å². The number of halogens is 2. The number of benzene rings is 1. The Kier molecular flexibility index (Phi) is 10.4. The summed E-state index contributed by atoms with van der Waals surface area (Å²) in [5.41, 5.74) is 1.05. The van der Waals surface area contributed by atoms with Crippen molar-refractivity contribution in [2.75, 3.05) is 59.2 Å². The molecular formula is C23H38FIN4O2.